The van der Waals surface area contributed by atoms with Crippen LogP contribution >= 0.6 is 11.6 Å². The topological polar surface area (TPSA) is 148 Å². The van der Waals surface area contributed by atoms with E-state index in [2.05, 4.69) is 33.1 Å². The van der Waals surface area contributed by atoms with Crippen LogP contribution in [0.25, 0.3) is 0 Å². The molecule has 0 aliphatic carbocycles. The Morgan fingerprint density at radius 1 is 1.12 bits per heavy atom. The van der Waals surface area contributed by atoms with Gasteiger partial charge >= 0.3 is 0 Å². The second-order valence-electron chi connectivity index (χ2n) is 9.24. The number of hydrogen-bond donors (Lipinski definition) is 3. The Morgan fingerprint density at radius 2 is 1.81 bits per heavy atom. The Bertz CT molecular complexity index is 1390. The lowest BCUT2D eigenvalue weighted by Gasteiger charge is -2.25. The van der Waals surface area contributed by atoms with E-state index >= 15 is 0 Å². The van der Waals surface area contributed by atoms with Crippen molar-refractivity contribution in [2.75, 3.05) is 32.2 Å². The van der Waals surface area contributed by atoms with Crippen molar-refractivity contribution in [3.8, 4) is 11.5 Å². The van der Waals surface area contributed by atoms with Gasteiger partial charge in [-0.2, -0.15) is 0 Å². The molecular formula is C31H35ClN6O5. The van der Waals surface area contributed by atoms with Gasteiger partial charge in [-0.05, 0) is 74.6 Å². The first kappa shape index (κ1) is 32.9. The van der Waals surface area contributed by atoms with E-state index in [0.717, 1.165) is 11.3 Å². The maximum atomic E-state index is 13.1. The quantitative estimate of drug-likeness (QED) is 0.0689. The summed E-state index contributed by atoms with van der Waals surface area (Å²) in [5, 5.41) is 6.83. The zero-order valence-electron chi connectivity index (χ0n) is 23.9. The highest BCUT2D eigenvalue weighted by Gasteiger charge is 2.23. The van der Waals surface area contributed by atoms with E-state index < -0.39 is 11.8 Å². The minimum absolute atomic E-state index is 0.0852. The number of nitrogens with one attached hydrogen (secondary N) is 2. The number of pyridine rings is 1. The van der Waals surface area contributed by atoms with Crippen LogP contribution in [0.1, 0.15) is 28.9 Å². The maximum absolute atomic E-state index is 13.1. The summed E-state index contributed by atoms with van der Waals surface area (Å²) < 4.78 is 11.2. The molecule has 2 heterocycles. The molecule has 2 amide bonds. The lowest BCUT2D eigenvalue weighted by molar-refractivity contribution is -0.123. The van der Waals surface area contributed by atoms with Gasteiger partial charge in [0, 0.05) is 55.0 Å². The number of rotatable bonds is 12. The van der Waals surface area contributed by atoms with Crippen LogP contribution in [0.5, 0.6) is 11.5 Å². The van der Waals surface area contributed by atoms with Gasteiger partial charge in [-0.15, -0.1) is 0 Å². The molecule has 4 rings (SSSR count). The van der Waals surface area contributed by atoms with Gasteiger partial charge in [-0.25, -0.2) is 4.99 Å². The zero-order valence-corrected chi connectivity index (χ0v) is 24.6. The SMILES string of the molecule is C=NC(=O)/C(=C\N(CNc1ccc(Oc2ccnc(C=O)c2)cc1)Cc1ccc(Cl)cc1)C(=O)NC1CCOCC1.CN. The van der Waals surface area contributed by atoms with E-state index in [1.807, 2.05) is 24.3 Å². The standard InChI is InChI=1S/C30H30ClN5O5.CH5N/c1-32-29(38)28(30(39)35-24-11-14-40-15-12-24)18-36(17-21-2-4-22(31)5-3-21)20-34-23-6-8-26(9-7-23)41-27-10-13-33-25(16-27)19-37;1-2/h2-10,13,16,18-19,24,34H,1,11-12,14-15,17,20H2,(H,35,39);2H2,1H3/b28-18+;. The lowest BCUT2D eigenvalue weighted by Crippen LogP contribution is -2.41. The van der Waals surface area contributed by atoms with Gasteiger partial charge in [-0.3, -0.25) is 19.4 Å². The van der Waals surface area contributed by atoms with Crippen molar-refractivity contribution in [1.29, 1.82) is 0 Å². The molecular weight excluding hydrogens is 572 g/mol. The van der Waals surface area contributed by atoms with Gasteiger partial charge in [-0.1, -0.05) is 23.7 Å². The van der Waals surface area contributed by atoms with Crippen molar-refractivity contribution in [2.45, 2.75) is 25.4 Å². The van der Waals surface area contributed by atoms with Crippen LogP contribution in [-0.4, -0.2) is 67.7 Å². The molecule has 2 aromatic carbocycles. The largest absolute Gasteiger partial charge is 0.457 e. The van der Waals surface area contributed by atoms with Crippen LogP contribution in [0, 0.1) is 0 Å². The number of carbonyl (C=O) groups excluding carboxylic acids is 3. The van der Waals surface area contributed by atoms with Crippen molar-refractivity contribution in [1.82, 2.24) is 15.2 Å². The van der Waals surface area contributed by atoms with E-state index in [0.29, 0.717) is 55.4 Å². The number of aromatic nitrogens is 1. The molecule has 1 saturated heterocycles. The Balaban J connectivity index is 0.00000248. The summed E-state index contributed by atoms with van der Waals surface area (Å²) in [5.74, 6) is -0.155. The van der Waals surface area contributed by atoms with Crippen molar-refractivity contribution in [3.05, 3.63) is 94.9 Å². The molecule has 0 atom stereocenters. The highest BCUT2D eigenvalue weighted by atomic mass is 35.5. The van der Waals surface area contributed by atoms with Crippen molar-refractivity contribution >= 4 is 42.1 Å². The molecule has 0 unspecified atom stereocenters. The third-order valence-corrected chi connectivity index (χ3v) is 6.49. The van der Waals surface area contributed by atoms with Crippen LogP contribution < -0.4 is 21.1 Å². The summed E-state index contributed by atoms with van der Waals surface area (Å²) in [7, 11) is 1.50. The van der Waals surface area contributed by atoms with Crippen molar-refractivity contribution in [3.63, 3.8) is 0 Å². The number of benzene rings is 2. The number of aliphatic imine (C=N–C) groups is 1. The molecule has 0 radical (unpaired) electrons. The summed E-state index contributed by atoms with van der Waals surface area (Å²) in [6.45, 7) is 5.07. The maximum Gasteiger partial charge on any atom is 0.283 e. The summed E-state index contributed by atoms with van der Waals surface area (Å²) in [6.07, 6.45) is 5.00. The predicted molar refractivity (Wildman–Crippen MR) is 166 cm³/mol. The number of nitrogens with two attached hydrogens (primary N) is 1. The zero-order chi connectivity index (χ0) is 31.0. The molecule has 1 aliphatic heterocycles. The molecule has 4 N–H and O–H groups in total. The average Bonchev–Trinajstić information content (AvgIpc) is 3.05. The highest BCUT2D eigenvalue weighted by molar-refractivity contribution is 6.30. The van der Waals surface area contributed by atoms with Gasteiger partial charge in [0.2, 0.25) is 0 Å². The van der Waals surface area contributed by atoms with E-state index in [1.165, 1.54) is 19.4 Å². The third-order valence-electron chi connectivity index (χ3n) is 6.24. The van der Waals surface area contributed by atoms with Crippen molar-refractivity contribution in [2.24, 2.45) is 10.7 Å². The van der Waals surface area contributed by atoms with Gasteiger partial charge < -0.3 is 30.7 Å². The summed E-state index contributed by atoms with van der Waals surface area (Å²) >= 11 is 6.05. The first-order valence-corrected chi connectivity index (χ1v) is 13.9. The normalized spacial score (nSPS) is 13.1. The fourth-order valence-electron chi connectivity index (χ4n) is 4.08. The lowest BCUT2D eigenvalue weighted by atomic mass is 10.1. The number of carbonyl (C=O) groups is 3. The number of ether oxygens (including phenoxy) is 2. The predicted octanol–water partition coefficient (Wildman–Crippen LogP) is 4.19. The summed E-state index contributed by atoms with van der Waals surface area (Å²) in [4.78, 5) is 46.0. The smallest absolute Gasteiger partial charge is 0.283 e. The molecule has 0 spiro atoms. The molecule has 3 aromatic rings. The van der Waals surface area contributed by atoms with Crippen LogP contribution in [-0.2, 0) is 20.9 Å². The van der Waals surface area contributed by atoms with E-state index in [-0.39, 0.29) is 24.0 Å². The minimum Gasteiger partial charge on any atom is -0.457 e. The number of halogens is 1. The van der Waals surface area contributed by atoms with Gasteiger partial charge in [0.25, 0.3) is 11.8 Å². The van der Waals surface area contributed by atoms with Gasteiger partial charge in [0.1, 0.15) is 22.8 Å². The first-order valence-electron chi connectivity index (χ1n) is 13.5. The summed E-state index contributed by atoms with van der Waals surface area (Å²) in [5.41, 5.74) is 6.36. The second kappa shape index (κ2) is 17.4. The number of nitrogens with zero attached hydrogens (tertiary/aromatic N) is 3. The number of amides is 2. The second-order valence-corrected chi connectivity index (χ2v) is 9.67. The molecule has 43 heavy (non-hydrogen) atoms. The molecule has 11 nitrogen and oxygen atoms in total. The molecule has 1 aromatic heterocycles. The molecule has 0 saturated carbocycles. The minimum atomic E-state index is -0.717. The Kier molecular flexibility index (Phi) is 13.3. The Morgan fingerprint density at radius 3 is 2.47 bits per heavy atom. The van der Waals surface area contributed by atoms with Crippen LogP contribution in [0.2, 0.25) is 5.02 Å². The number of aldehydes is 1. The molecule has 0 bridgehead atoms. The highest BCUT2D eigenvalue weighted by Crippen LogP contribution is 2.23. The van der Waals surface area contributed by atoms with Crippen LogP contribution in [0.3, 0.4) is 0 Å². The van der Waals surface area contributed by atoms with E-state index in [4.69, 9.17) is 21.1 Å². The summed E-state index contributed by atoms with van der Waals surface area (Å²) in [6, 6.07) is 17.7. The third kappa shape index (κ3) is 10.6. The number of anilines is 1. The Labute approximate surface area is 255 Å². The van der Waals surface area contributed by atoms with Crippen LogP contribution in [0.15, 0.2) is 83.6 Å². The Hall–Kier alpha value is -4.58. The van der Waals surface area contributed by atoms with Crippen molar-refractivity contribution < 1.29 is 23.9 Å². The van der Waals surface area contributed by atoms with E-state index in [1.54, 1.807) is 41.3 Å². The fraction of sp³-hybridized carbons (Fsp3) is 0.258. The van der Waals surface area contributed by atoms with Gasteiger partial charge in [0.15, 0.2) is 6.29 Å². The molecule has 226 valence electrons. The molecule has 1 fully saturated rings. The molecule has 1 aliphatic rings. The fourth-order valence-corrected chi connectivity index (χ4v) is 4.21. The number of hydrogen-bond acceptors (Lipinski definition) is 9. The first-order chi connectivity index (χ1) is 20.9. The van der Waals surface area contributed by atoms with Gasteiger partial charge in [0.05, 0.1) is 6.67 Å². The van der Waals surface area contributed by atoms with E-state index in [9.17, 15) is 14.4 Å². The monoisotopic (exact) mass is 606 g/mol. The average molecular weight is 607 g/mol. The molecule has 12 heteroatoms. The van der Waals surface area contributed by atoms with Crippen LogP contribution in [0.4, 0.5) is 5.69 Å².